The third-order valence-corrected chi connectivity index (χ3v) is 13.3. The summed E-state index contributed by atoms with van der Waals surface area (Å²) in [4.78, 5) is 23.2. The van der Waals surface area contributed by atoms with Gasteiger partial charge in [0.25, 0.3) is 0 Å². The molecule has 1 amide bonds. The Hall–Kier alpha value is -1.54. The standard InChI is InChI=1S/C56H107N2O6P/c1-6-8-10-12-14-16-18-20-22-24-25-26-27-28-29-30-31-32-34-35-37-39-41-43-45-47-49-55(59)54(53-64-65(61,62)63-52-51-58(3,4)5)57-56(60)50-48-46-44-42-40-38-36-33-23-21-19-17-15-13-11-9-7-2/h15,17,21,23,39,41,47,49,54-55,59H,6-14,16,18-20,22,24-38,40,42-46,48,50-53H2,1-5H3,(H-,57,60,61,62)/p+1/b17-15-,23-21-,41-39+,49-47+. The lowest BCUT2D eigenvalue weighted by molar-refractivity contribution is -0.870. The number of aliphatic hydroxyl groups is 1. The summed E-state index contributed by atoms with van der Waals surface area (Å²) in [5, 5.41) is 13.9. The normalized spacial score (nSPS) is 14.4. The van der Waals surface area contributed by atoms with Crippen molar-refractivity contribution >= 4 is 13.7 Å². The molecule has 0 spiro atoms. The second kappa shape index (κ2) is 47.5. The van der Waals surface area contributed by atoms with Crippen molar-refractivity contribution in [3.05, 3.63) is 48.6 Å². The number of phosphoric acid groups is 1. The van der Waals surface area contributed by atoms with Gasteiger partial charge in [0.1, 0.15) is 13.2 Å². The van der Waals surface area contributed by atoms with Crippen molar-refractivity contribution in [3.63, 3.8) is 0 Å². The van der Waals surface area contributed by atoms with Crippen molar-refractivity contribution in [1.29, 1.82) is 0 Å². The summed E-state index contributed by atoms with van der Waals surface area (Å²) in [6.07, 6.45) is 62.1. The van der Waals surface area contributed by atoms with E-state index in [0.29, 0.717) is 17.4 Å². The van der Waals surface area contributed by atoms with E-state index < -0.39 is 20.0 Å². The van der Waals surface area contributed by atoms with Crippen molar-refractivity contribution in [2.75, 3.05) is 40.9 Å². The van der Waals surface area contributed by atoms with Gasteiger partial charge in [0, 0.05) is 6.42 Å². The molecule has 0 aromatic rings. The molecular formula is C56H108N2O6P+. The second-order valence-corrected chi connectivity index (χ2v) is 21.4. The summed E-state index contributed by atoms with van der Waals surface area (Å²) in [7, 11) is 1.55. The molecule has 0 radical (unpaired) electrons. The van der Waals surface area contributed by atoms with Crippen LogP contribution in [0.2, 0.25) is 0 Å². The molecule has 0 aliphatic carbocycles. The van der Waals surface area contributed by atoms with E-state index in [0.717, 1.165) is 51.4 Å². The Morgan fingerprint density at radius 1 is 0.523 bits per heavy atom. The van der Waals surface area contributed by atoms with Gasteiger partial charge in [-0.05, 0) is 64.2 Å². The molecule has 0 heterocycles. The molecule has 0 aliphatic heterocycles. The van der Waals surface area contributed by atoms with Gasteiger partial charge in [-0.15, -0.1) is 0 Å². The number of aliphatic hydroxyl groups excluding tert-OH is 1. The Labute approximate surface area is 403 Å². The zero-order chi connectivity index (χ0) is 47.8. The smallest absolute Gasteiger partial charge is 0.387 e. The van der Waals surface area contributed by atoms with E-state index in [4.69, 9.17) is 9.05 Å². The average Bonchev–Trinajstić information content (AvgIpc) is 3.26. The van der Waals surface area contributed by atoms with E-state index >= 15 is 0 Å². The number of hydrogen-bond donors (Lipinski definition) is 3. The number of amides is 1. The maximum absolute atomic E-state index is 12.9. The van der Waals surface area contributed by atoms with Crippen molar-refractivity contribution in [2.24, 2.45) is 0 Å². The quantitative estimate of drug-likeness (QED) is 0.0243. The van der Waals surface area contributed by atoms with Gasteiger partial charge in [-0.3, -0.25) is 13.8 Å². The van der Waals surface area contributed by atoms with Crippen LogP contribution < -0.4 is 5.32 Å². The third kappa shape index (κ3) is 50.2. The molecule has 0 rings (SSSR count). The van der Waals surface area contributed by atoms with Gasteiger partial charge in [-0.2, -0.15) is 0 Å². The fourth-order valence-corrected chi connectivity index (χ4v) is 8.65. The number of quaternary nitrogens is 1. The van der Waals surface area contributed by atoms with Gasteiger partial charge in [0.2, 0.25) is 5.91 Å². The van der Waals surface area contributed by atoms with Crippen LogP contribution in [0.15, 0.2) is 48.6 Å². The highest BCUT2D eigenvalue weighted by atomic mass is 31.2. The maximum Gasteiger partial charge on any atom is 0.472 e. The summed E-state index contributed by atoms with van der Waals surface area (Å²) in [6.45, 7) is 4.78. The number of carbonyl (C=O) groups is 1. The topological polar surface area (TPSA) is 105 Å². The maximum atomic E-state index is 12.9. The fourth-order valence-electron chi connectivity index (χ4n) is 7.91. The number of nitrogens with one attached hydrogen (secondary N) is 1. The first-order chi connectivity index (χ1) is 31.5. The highest BCUT2D eigenvalue weighted by Crippen LogP contribution is 2.43. The van der Waals surface area contributed by atoms with Crippen LogP contribution in [0, 0.1) is 0 Å². The number of nitrogens with zero attached hydrogens (tertiary/aromatic N) is 1. The predicted molar refractivity (Wildman–Crippen MR) is 281 cm³/mol. The lowest BCUT2D eigenvalue weighted by Gasteiger charge is -2.25. The van der Waals surface area contributed by atoms with Crippen molar-refractivity contribution < 1.29 is 32.9 Å². The van der Waals surface area contributed by atoms with E-state index in [1.807, 2.05) is 27.2 Å². The number of allylic oxidation sites excluding steroid dienone is 7. The minimum atomic E-state index is -4.36. The van der Waals surface area contributed by atoms with Crippen molar-refractivity contribution in [3.8, 4) is 0 Å². The van der Waals surface area contributed by atoms with E-state index in [9.17, 15) is 19.4 Å². The van der Waals surface area contributed by atoms with Crippen LogP contribution in [-0.2, 0) is 18.4 Å². The Bertz CT molecular complexity index is 1200. The average molecular weight is 936 g/mol. The Kier molecular flexibility index (Phi) is 46.4. The number of phosphoric ester groups is 1. The summed E-state index contributed by atoms with van der Waals surface area (Å²) in [5.74, 6) is -0.194. The van der Waals surface area contributed by atoms with Gasteiger partial charge in [0.05, 0.1) is 39.9 Å². The predicted octanol–water partition coefficient (Wildman–Crippen LogP) is 16.4. The SMILES string of the molecule is CCCCC/C=C\C/C=C\CCCCCCCCCC(=O)NC(COP(=O)(O)OCC[N+](C)(C)C)C(O)/C=C/CC/C=C/CCCCCCCCCCCCCCCCCCCCCC. The van der Waals surface area contributed by atoms with Crippen LogP contribution in [0.4, 0.5) is 0 Å². The number of unbranched alkanes of at least 4 members (excludes halogenated alkanes) is 31. The van der Waals surface area contributed by atoms with Gasteiger partial charge >= 0.3 is 7.82 Å². The lowest BCUT2D eigenvalue weighted by atomic mass is 10.0. The number of hydrogen-bond acceptors (Lipinski definition) is 5. The minimum Gasteiger partial charge on any atom is -0.387 e. The van der Waals surface area contributed by atoms with Gasteiger partial charge in [0.15, 0.2) is 0 Å². The zero-order valence-corrected chi connectivity index (χ0v) is 44.4. The number of rotatable bonds is 50. The molecule has 8 nitrogen and oxygen atoms in total. The Morgan fingerprint density at radius 2 is 0.892 bits per heavy atom. The van der Waals surface area contributed by atoms with Crippen LogP contribution in [-0.4, -0.2) is 73.4 Å². The summed E-state index contributed by atoms with van der Waals surface area (Å²) in [6, 6.07) is -0.869. The van der Waals surface area contributed by atoms with E-state index in [2.05, 4.69) is 55.6 Å². The molecule has 0 aliphatic rings. The molecule has 3 unspecified atom stereocenters. The molecule has 0 aromatic heterocycles. The fraction of sp³-hybridized carbons (Fsp3) is 0.839. The number of carbonyl (C=O) groups excluding carboxylic acids is 1. The monoisotopic (exact) mass is 936 g/mol. The summed E-state index contributed by atoms with van der Waals surface area (Å²) >= 11 is 0. The van der Waals surface area contributed by atoms with E-state index in [-0.39, 0.29) is 19.1 Å². The number of likely N-dealkylation sites (N-methyl/N-ethyl adjacent to an activating group) is 1. The van der Waals surface area contributed by atoms with Crippen LogP contribution >= 0.6 is 7.82 Å². The van der Waals surface area contributed by atoms with E-state index in [1.54, 1.807) is 6.08 Å². The molecule has 0 saturated carbocycles. The van der Waals surface area contributed by atoms with Crippen LogP contribution in [0.3, 0.4) is 0 Å². The molecule has 0 aromatic carbocycles. The molecular weight excluding hydrogens is 828 g/mol. The van der Waals surface area contributed by atoms with Crippen molar-refractivity contribution in [1.82, 2.24) is 5.32 Å². The first-order valence-electron chi connectivity index (χ1n) is 27.5. The largest absolute Gasteiger partial charge is 0.472 e. The van der Waals surface area contributed by atoms with Crippen molar-refractivity contribution in [2.45, 2.75) is 264 Å². The van der Waals surface area contributed by atoms with Gasteiger partial charge in [-0.1, -0.05) is 229 Å². The Morgan fingerprint density at radius 3 is 1.35 bits per heavy atom. The van der Waals surface area contributed by atoms with E-state index in [1.165, 1.54) is 180 Å². The zero-order valence-electron chi connectivity index (χ0n) is 43.5. The third-order valence-electron chi connectivity index (χ3n) is 12.3. The molecule has 3 atom stereocenters. The van der Waals surface area contributed by atoms with Gasteiger partial charge < -0.3 is 19.8 Å². The molecule has 0 saturated heterocycles. The molecule has 3 N–H and O–H groups in total. The second-order valence-electron chi connectivity index (χ2n) is 19.9. The minimum absolute atomic E-state index is 0.0536. The Balaban J connectivity index is 4.28. The molecule has 0 bridgehead atoms. The van der Waals surface area contributed by atoms with Crippen LogP contribution in [0.25, 0.3) is 0 Å². The first kappa shape index (κ1) is 63.5. The highest BCUT2D eigenvalue weighted by molar-refractivity contribution is 7.47. The molecule has 9 heteroatoms. The summed E-state index contributed by atoms with van der Waals surface area (Å²) < 4.78 is 23.7. The van der Waals surface area contributed by atoms with Gasteiger partial charge in [-0.25, -0.2) is 4.57 Å². The molecule has 382 valence electrons. The molecule has 65 heavy (non-hydrogen) atoms. The summed E-state index contributed by atoms with van der Waals surface area (Å²) in [5.41, 5.74) is 0. The van der Waals surface area contributed by atoms with Crippen LogP contribution in [0.1, 0.15) is 251 Å². The highest BCUT2D eigenvalue weighted by Gasteiger charge is 2.27. The lowest BCUT2D eigenvalue weighted by Crippen LogP contribution is -2.45. The molecule has 0 fully saturated rings. The van der Waals surface area contributed by atoms with Crippen LogP contribution in [0.5, 0.6) is 0 Å². The first-order valence-corrected chi connectivity index (χ1v) is 29.0.